The predicted molar refractivity (Wildman–Crippen MR) is 115 cm³/mol. The maximum absolute atomic E-state index is 11.9. The number of phosphoric acid groups is 3. The Bertz CT molecular complexity index is 1360. The molecule has 0 bridgehead atoms. The first-order chi connectivity index (χ1) is 16.2. The van der Waals surface area contributed by atoms with Crippen LogP contribution in [-0.2, 0) is 31.6 Å². The topological polar surface area (TPSA) is 272 Å². The van der Waals surface area contributed by atoms with Crippen LogP contribution in [0.2, 0.25) is 0 Å². The summed E-state index contributed by atoms with van der Waals surface area (Å²) in [6.07, 6.45) is -0.408. The van der Waals surface area contributed by atoms with Gasteiger partial charge in [0.1, 0.15) is 28.6 Å². The van der Waals surface area contributed by atoms with E-state index >= 15 is 0 Å². The molecular weight excluding hydrogens is 557 g/mol. The number of imidazole rings is 1. The fourth-order valence-corrected chi connectivity index (χ4v) is 6.80. The third-order valence-corrected chi connectivity index (χ3v) is 8.99. The Morgan fingerprint density at radius 1 is 1.14 bits per heavy atom. The van der Waals surface area contributed by atoms with E-state index in [4.69, 9.17) is 20.3 Å². The zero-order valence-corrected chi connectivity index (χ0v) is 20.5. The van der Waals surface area contributed by atoms with E-state index in [0.29, 0.717) is 16.2 Å². The normalized spacial score (nSPS) is 24.4. The van der Waals surface area contributed by atoms with E-state index in [1.165, 1.54) is 22.2 Å². The van der Waals surface area contributed by atoms with Crippen LogP contribution >= 0.6 is 34.8 Å². The van der Waals surface area contributed by atoms with E-state index < -0.39 is 48.5 Å². The summed E-state index contributed by atoms with van der Waals surface area (Å²) in [5.41, 5.74) is 6.85. The third-order valence-electron chi connectivity index (χ3n) is 4.41. The van der Waals surface area contributed by atoms with Gasteiger partial charge in [-0.3, -0.25) is 9.09 Å². The summed E-state index contributed by atoms with van der Waals surface area (Å²) in [7, 11) is -16.6. The lowest BCUT2D eigenvalue weighted by atomic mass is 10.2. The quantitative estimate of drug-likeness (QED) is 0.190. The first-order valence-corrected chi connectivity index (χ1v) is 14.6. The fraction of sp³-hybridized carbons (Fsp3) is 0.385. The Balaban J connectivity index is 1.47. The van der Waals surface area contributed by atoms with Crippen molar-refractivity contribution in [2.75, 3.05) is 12.3 Å². The summed E-state index contributed by atoms with van der Waals surface area (Å²) in [6.45, 7) is -0.810. The molecule has 22 heteroatoms. The van der Waals surface area contributed by atoms with Gasteiger partial charge in [0, 0.05) is 18.0 Å². The Labute approximate surface area is 198 Å². The molecule has 1 saturated heterocycles. The molecule has 3 aromatic heterocycles. The molecule has 2 unspecified atom stereocenters. The lowest BCUT2D eigenvalue weighted by Gasteiger charge is -2.19. The molecule has 0 aromatic carbocycles. The Morgan fingerprint density at radius 3 is 2.54 bits per heavy atom. The minimum Gasteiger partial charge on any atom is -0.390 e. The number of thiazole rings is 1. The van der Waals surface area contributed by atoms with Gasteiger partial charge < -0.3 is 35.2 Å². The van der Waals surface area contributed by atoms with Crippen LogP contribution in [-0.4, -0.2) is 68.0 Å². The van der Waals surface area contributed by atoms with Crippen molar-refractivity contribution in [3.05, 3.63) is 17.9 Å². The second-order valence-corrected chi connectivity index (χ2v) is 12.2. The molecule has 7 N–H and O–H groups in total. The van der Waals surface area contributed by atoms with Gasteiger partial charge in [-0.1, -0.05) is 0 Å². The van der Waals surface area contributed by atoms with Crippen molar-refractivity contribution in [3.8, 4) is 10.7 Å². The highest BCUT2D eigenvalue weighted by molar-refractivity contribution is 7.66. The summed E-state index contributed by atoms with van der Waals surface area (Å²) in [6, 6.07) is 0. The van der Waals surface area contributed by atoms with Crippen molar-refractivity contribution in [3.63, 3.8) is 0 Å². The van der Waals surface area contributed by atoms with Crippen molar-refractivity contribution in [2.45, 2.75) is 24.9 Å². The molecule has 4 heterocycles. The summed E-state index contributed by atoms with van der Waals surface area (Å²) >= 11 is 1.31. The number of aliphatic hydroxyl groups excluding tert-OH is 1. The zero-order valence-electron chi connectivity index (χ0n) is 17.0. The standard InChI is InChI=1S/C13H17N6O12P3S/c14-13-17-10(12-15-1-2-35-12)9-11(18-13)19(5-16-9)8-3-6(20)7(29-8)4-28-33(24,25)31-34(26,27)30-32(21,22)23/h1-2,5-8,20H,3-4H2,(H,24,25)(H,26,27)(H2,14,17,18)(H2,21,22,23)/t6-,7+,8-/m0/s1. The first-order valence-electron chi connectivity index (χ1n) is 9.25. The van der Waals surface area contributed by atoms with Crippen LogP contribution in [0, 0.1) is 0 Å². The molecule has 1 aliphatic heterocycles. The number of hydrogen-bond acceptors (Lipinski definition) is 14. The molecule has 0 radical (unpaired) electrons. The molecular formula is C13H17N6O12P3S. The van der Waals surface area contributed by atoms with Gasteiger partial charge in [0.25, 0.3) is 0 Å². The van der Waals surface area contributed by atoms with E-state index in [1.807, 2.05) is 0 Å². The number of nitrogens with two attached hydrogens (primary N) is 1. The highest BCUT2D eigenvalue weighted by Crippen LogP contribution is 2.66. The number of hydrogen-bond donors (Lipinski definition) is 6. The van der Waals surface area contributed by atoms with Gasteiger partial charge >= 0.3 is 23.5 Å². The van der Waals surface area contributed by atoms with E-state index in [1.54, 1.807) is 11.6 Å². The molecule has 0 saturated carbocycles. The number of nitrogen functional groups attached to an aromatic ring is 1. The van der Waals surface area contributed by atoms with Crippen molar-refractivity contribution in [2.24, 2.45) is 0 Å². The molecule has 0 amide bonds. The van der Waals surface area contributed by atoms with Crippen LogP contribution in [0.4, 0.5) is 5.95 Å². The zero-order chi connectivity index (χ0) is 25.6. The molecule has 0 aliphatic carbocycles. The van der Waals surface area contributed by atoms with Gasteiger partial charge in [0.05, 0.1) is 19.0 Å². The lowest BCUT2D eigenvalue weighted by Crippen LogP contribution is -2.26. The molecule has 3 aromatic rings. The average Bonchev–Trinajstić information content (AvgIpc) is 3.42. The monoisotopic (exact) mass is 574 g/mol. The minimum absolute atomic E-state index is 0.0353. The van der Waals surface area contributed by atoms with Crippen LogP contribution in [0.5, 0.6) is 0 Å². The largest absolute Gasteiger partial charge is 0.490 e. The van der Waals surface area contributed by atoms with Gasteiger partial charge in [-0.05, 0) is 0 Å². The summed E-state index contributed by atoms with van der Waals surface area (Å²) in [5, 5.41) is 12.6. The van der Waals surface area contributed by atoms with Crippen molar-refractivity contribution >= 4 is 51.9 Å². The maximum atomic E-state index is 11.9. The first kappa shape index (κ1) is 26.4. The minimum atomic E-state index is -5.67. The van der Waals surface area contributed by atoms with E-state index in [-0.39, 0.29) is 18.0 Å². The van der Waals surface area contributed by atoms with Crippen LogP contribution in [0.1, 0.15) is 12.6 Å². The summed E-state index contributed by atoms with van der Waals surface area (Å²) in [4.78, 5) is 52.7. The maximum Gasteiger partial charge on any atom is 0.490 e. The number of nitrogens with zero attached hydrogens (tertiary/aromatic N) is 5. The number of rotatable bonds is 9. The molecule has 5 atom stereocenters. The summed E-state index contributed by atoms with van der Waals surface area (Å²) < 4.78 is 52.9. The van der Waals surface area contributed by atoms with Crippen LogP contribution in [0.25, 0.3) is 21.9 Å². The molecule has 1 aliphatic rings. The van der Waals surface area contributed by atoms with Crippen LogP contribution < -0.4 is 5.73 Å². The number of ether oxygens (including phenoxy) is 1. The number of aromatic nitrogens is 5. The lowest BCUT2D eigenvalue weighted by molar-refractivity contribution is -0.0423. The number of phosphoric ester groups is 1. The Morgan fingerprint density at radius 2 is 1.89 bits per heavy atom. The van der Waals surface area contributed by atoms with Gasteiger partial charge in [0.2, 0.25) is 5.95 Å². The van der Waals surface area contributed by atoms with Crippen molar-refractivity contribution < 1.29 is 56.3 Å². The van der Waals surface area contributed by atoms with Gasteiger partial charge in [-0.15, -0.1) is 11.3 Å². The van der Waals surface area contributed by atoms with Crippen molar-refractivity contribution in [1.82, 2.24) is 24.5 Å². The molecule has 35 heavy (non-hydrogen) atoms. The fourth-order valence-electron chi connectivity index (χ4n) is 3.14. The Hall–Kier alpha value is -1.69. The van der Waals surface area contributed by atoms with E-state index in [9.17, 15) is 28.6 Å². The van der Waals surface area contributed by atoms with Crippen LogP contribution in [0.15, 0.2) is 17.9 Å². The average molecular weight is 574 g/mol. The highest BCUT2D eigenvalue weighted by Gasteiger charge is 2.43. The number of fused-ring (bicyclic) bond motifs is 1. The Kier molecular flexibility index (Phi) is 7.27. The number of anilines is 1. The predicted octanol–water partition coefficient (Wildman–Crippen LogP) is 0.524. The highest BCUT2D eigenvalue weighted by atomic mass is 32.1. The van der Waals surface area contributed by atoms with E-state index in [2.05, 4.69) is 33.1 Å². The second-order valence-electron chi connectivity index (χ2n) is 6.91. The van der Waals surface area contributed by atoms with Crippen molar-refractivity contribution in [1.29, 1.82) is 0 Å². The van der Waals surface area contributed by atoms with Gasteiger partial charge in [-0.25, -0.2) is 28.6 Å². The molecule has 4 rings (SSSR count). The molecule has 0 spiro atoms. The second kappa shape index (κ2) is 9.64. The smallest absolute Gasteiger partial charge is 0.390 e. The molecule has 192 valence electrons. The number of aliphatic hydroxyl groups is 1. The molecule has 1 fully saturated rings. The van der Waals surface area contributed by atoms with Gasteiger partial charge in [0.15, 0.2) is 5.65 Å². The van der Waals surface area contributed by atoms with Gasteiger partial charge in [-0.2, -0.15) is 13.6 Å². The van der Waals surface area contributed by atoms with E-state index in [0.717, 1.165) is 0 Å². The summed E-state index contributed by atoms with van der Waals surface area (Å²) in [5.74, 6) is -0.0628. The third kappa shape index (κ3) is 6.36. The molecule has 18 nitrogen and oxygen atoms in total. The van der Waals surface area contributed by atoms with Crippen LogP contribution in [0.3, 0.4) is 0 Å². The SMILES string of the molecule is Nc1nc(-c2nccs2)c2ncn([C@@H]3C[C@H](O)[C@@H](COP(=O)(O)OP(=O)(O)OP(=O)(O)O)O3)c2n1.